The lowest BCUT2D eigenvalue weighted by atomic mass is 9.98. The van der Waals surface area contributed by atoms with Crippen LogP contribution in [0, 0.1) is 18.3 Å². The molecule has 0 saturated carbocycles. The van der Waals surface area contributed by atoms with E-state index >= 15 is 0 Å². The van der Waals surface area contributed by atoms with Crippen LogP contribution in [0.5, 0.6) is 0 Å². The van der Waals surface area contributed by atoms with Crippen LogP contribution in [-0.2, 0) is 9.53 Å². The van der Waals surface area contributed by atoms with E-state index < -0.39 is 12.1 Å². The first-order valence-corrected chi connectivity index (χ1v) is 5.04. The maximum Gasteiger partial charge on any atom is 0.331 e. The summed E-state index contributed by atoms with van der Waals surface area (Å²) in [5.74, 6) is 2.41. The second-order valence-electron chi connectivity index (χ2n) is 3.50. The largest absolute Gasteiger partial charge is 0.446 e. The van der Waals surface area contributed by atoms with Crippen molar-refractivity contribution in [1.29, 1.82) is 0 Å². The maximum absolute atomic E-state index is 10.9. The van der Waals surface area contributed by atoms with Crippen molar-refractivity contribution in [1.82, 2.24) is 0 Å². The Bertz CT molecular complexity index is 260. The molecule has 2 heteroatoms. The number of ether oxygens (including phenoxy) is 1. The van der Waals surface area contributed by atoms with Gasteiger partial charge >= 0.3 is 5.97 Å². The Morgan fingerprint density at radius 2 is 2.27 bits per heavy atom. The van der Waals surface area contributed by atoms with Crippen molar-refractivity contribution < 1.29 is 9.53 Å². The summed E-state index contributed by atoms with van der Waals surface area (Å²) in [4.78, 5) is 10.9. The molecule has 0 aromatic carbocycles. The highest BCUT2D eigenvalue weighted by atomic mass is 16.5. The van der Waals surface area contributed by atoms with Gasteiger partial charge < -0.3 is 4.74 Å². The first-order chi connectivity index (χ1) is 7.13. The van der Waals surface area contributed by atoms with Gasteiger partial charge in [-0.05, 0) is 25.2 Å². The lowest BCUT2D eigenvalue weighted by Crippen LogP contribution is -2.17. The van der Waals surface area contributed by atoms with Crippen molar-refractivity contribution in [3.8, 4) is 12.3 Å². The molecule has 82 valence electrons. The standard InChI is InChI=1S/C13H18O2/c1-5-8-9-11(4)10-12(6-2)15-13(14)7-3/h2,5,7,11-12H,1,3,8-10H2,4H3. The summed E-state index contributed by atoms with van der Waals surface area (Å²) in [6.45, 7) is 9.05. The molecule has 0 aromatic rings. The van der Waals surface area contributed by atoms with Gasteiger partial charge in [-0.1, -0.05) is 25.5 Å². The molecule has 0 radical (unpaired) electrons. The van der Waals surface area contributed by atoms with E-state index in [1.165, 1.54) is 0 Å². The number of rotatable bonds is 7. The highest BCUT2D eigenvalue weighted by Gasteiger charge is 2.13. The molecular weight excluding hydrogens is 188 g/mol. The van der Waals surface area contributed by atoms with Crippen molar-refractivity contribution in [3.63, 3.8) is 0 Å². The van der Waals surface area contributed by atoms with Gasteiger partial charge in [0.1, 0.15) is 0 Å². The molecule has 2 unspecified atom stereocenters. The van der Waals surface area contributed by atoms with Crippen molar-refractivity contribution in [2.75, 3.05) is 0 Å². The van der Waals surface area contributed by atoms with E-state index in [1.807, 2.05) is 6.08 Å². The van der Waals surface area contributed by atoms with Gasteiger partial charge in [0, 0.05) is 6.08 Å². The number of carbonyl (C=O) groups excluding carboxylic acids is 1. The van der Waals surface area contributed by atoms with Gasteiger partial charge in [0.05, 0.1) is 0 Å². The molecule has 0 aliphatic heterocycles. The molecule has 15 heavy (non-hydrogen) atoms. The van der Waals surface area contributed by atoms with Crippen molar-refractivity contribution in [3.05, 3.63) is 25.3 Å². The minimum atomic E-state index is -0.464. The summed E-state index contributed by atoms with van der Waals surface area (Å²) in [7, 11) is 0. The smallest absolute Gasteiger partial charge is 0.331 e. The Morgan fingerprint density at radius 1 is 1.60 bits per heavy atom. The molecular formula is C13H18O2. The quantitative estimate of drug-likeness (QED) is 0.277. The molecule has 0 heterocycles. The zero-order valence-corrected chi connectivity index (χ0v) is 9.24. The molecule has 2 nitrogen and oxygen atoms in total. The molecule has 0 aromatic heterocycles. The SMILES string of the molecule is C#CC(CC(C)CCC=C)OC(=O)C=C. The topological polar surface area (TPSA) is 26.3 Å². The summed E-state index contributed by atoms with van der Waals surface area (Å²) in [6.07, 6.45) is 10.5. The molecule has 0 fully saturated rings. The number of carbonyl (C=O) groups is 1. The zero-order chi connectivity index (χ0) is 11.7. The van der Waals surface area contributed by atoms with E-state index in [1.54, 1.807) is 0 Å². The van der Waals surface area contributed by atoms with E-state index in [0.717, 1.165) is 18.9 Å². The van der Waals surface area contributed by atoms with Crippen LogP contribution < -0.4 is 0 Å². The van der Waals surface area contributed by atoms with Crippen LogP contribution in [0.2, 0.25) is 0 Å². The van der Waals surface area contributed by atoms with Crippen molar-refractivity contribution in [2.45, 2.75) is 32.3 Å². The molecule has 0 bridgehead atoms. The highest BCUT2D eigenvalue weighted by molar-refractivity contribution is 5.81. The molecule has 0 aliphatic carbocycles. The molecule has 0 N–H and O–H groups in total. The summed E-state index contributed by atoms with van der Waals surface area (Å²) < 4.78 is 4.98. The molecule has 0 amide bonds. The summed E-state index contributed by atoms with van der Waals surface area (Å²) >= 11 is 0. The molecule has 0 aliphatic rings. The van der Waals surface area contributed by atoms with Gasteiger partial charge in [0.2, 0.25) is 0 Å². The second kappa shape index (κ2) is 7.87. The van der Waals surface area contributed by atoms with Crippen LogP contribution >= 0.6 is 0 Å². The maximum atomic E-state index is 10.9. The Kier molecular flexibility index (Phi) is 7.09. The van der Waals surface area contributed by atoms with Gasteiger partial charge in [-0.2, -0.15) is 0 Å². The van der Waals surface area contributed by atoms with E-state index in [0.29, 0.717) is 12.3 Å². The number of hydrogen-bond donors (Lipinski definition) is 0. The second-order valence-corrected chi connectivity index (χ2v) is 3.50. The van der Waals surface area contributed by atoms with Crippen molar-refractivity contribution in [2.24, 2.45) is 5.92 Å². The third-order valence-corrected chi connectivity index (χ3v) is 2.09. The lowest BCUT2D eigenvalue weighted by molar-refractivity contribution is -0.141. The number of allylic oxidation sites excluding steroid dienone is 1. The number of terminal acetylenes is 1. The Morgan fingerprint density at radius 3 is 2.73 bits per heavy atom. The lowest BCUT2D eigenvalue weighted by Gasteiger charge is -2.15. The Balaban J connectivity index is 3.98. The van der Waals surface area contributed by atoms with Crippen LogP contribution in [0.3, 0.4) is 0 Å². The van der Waals surface area contributed by atoms with Gasteiger partial charge in [-0.15, -0.1) is 13.0 Å². The van der Waals surface area contributed by atoms with Gasteiger partial charge in [-0.3, -0.25) is 0 Å². The van der Waals surface area contributed by atoms with Gasteiger partial charge in [0.25, 0.3) is 0 Å². The van der Waals surface area contributed by atoms with Crippen LogP contribution in [0.25, 0.3) is 0 Å². The van der Waals surface area contributed by atoms with E-state index in [-0.39, 0.29) is 0 Å². The third-order valence-electron chi connectivity index (χ3n) is 2.09. The third kappa shape index (κ3) is 6.56. The predicted molar refractivity (Wildman–Crippen MR) is 62.1 cm³/mol. The first-order valence-electron chi connectivity index (χ1n) is 5.04. The molecule has 0 rings (SSSR count). The first kappa shape index (κ1) is 13.5. The van der Waals surface area contributed by atoms with E-state index in [9.17, 15) is 4.79 Å². The molecule has 0 saturated heterocycles. The fourth-order valence-electron chi connectivity index (χ4n) is 1.22. The van der Waals surface area contributed by atoms with E-state index in [2.05, 4.69) is 26.0 Å². The van der Waals surface area contributed by atoms with Crippen LogP contribution in [-0.4, -0.2) is 12.1 Å². The predicted octanol–water partition coefficient (Wildman–Crippen LogP) is 2.71. The summed E-state index contributed by atoms with van der Waals surface area (Å²) in [5.41, 5.74) is 0. The molecule has 0 spiro atoms. The fourth-order valence-corrected chi connectivity index (χ4v) is 1.22. The number of hydrogen-bond acceptors (Lipinski definition) is 2. The van der Waals surface area contributed by atoms with Crippen LogP contribution in [0.1, 0.15) is 26.2 Å². The molecule has 2 atom stereocenters. The summed E-state index contributed by atoms with van der Waals surface area (Å²) in [6, 6.07) is 0. The monoisotopic (exact) mass is 206 g/mol. The van der Waals surface area contributed by atoms with Crippen LogP contribution in [0.4, 0.5) is 0 Å². The number of esters is 1. The Hall–Kier alpha value is -1.49. The van der Waals surface area contributed by atoms with Crippen LogP contribution in [0.15, 0.2) is 25.3 Å². The van der Waals surface area contributed by atoms with Crippen molar-refractivity contribution >= 4 is 5.97 Å². The minimum absolute atomic E-state index is 0.418. The summed E-state index contributed by atoms with van der Waals surface area (Å²) in [5, 5.41) is 0. The average Bonchev–Trinajstić information content (AvgIpc) is 2.25. The normalized spacial score (nSPS) is 13.3. The minimum Gasteiger partial charge on any atom is -0.446 e. The zero-order valence-electron chi connectivity index (χ0n) is 9.24. The van der Waals surface area contributed by atoms with E-state index in [4.69, 9.17) is 11.2 Å². The van der Waals surface area contributed by atoms with Gasteiger partial charge in [0.15, 0.2) is 6.10 Å². The average molecular weight is 206 g/mol. The van der Waals surface area contributed by atoms with Gasteiger partial charge in [-0.25, -0.2) is 4.79 Å². The fraction of sp³-hybridized carbons (Fsp3) is 0.462. The highest BCUT2D eigenvalue weighted by Crippen LogP contribution is 2.14. The Labute approximate surface area is 92.0 Å².